The van der Waals surface area contributed by atoms with E-state index >= 15 is 0 Å². The van der Waals surface area contributed by atoms with Gasteiger partial charge in [0.05, 0.1) is 5.41 Å². The van der Waals surface area contributed by atoms with Gasteiger partial charge in [-0.05, 0) is 54.8 Å². The van der Waals surface area contributed by atoms with Gasteiger partial charge in [-0.25, -0.2) is 4.39 Å². The molecule has 1 aliphatic heterocycles. The van der Waals surface area contributed by atoms with Gasteiger partial charge in [-0.1, -0.05) is 23.9 Å². The highest BCUT2D eigenvalue weighted by Crippen LogP contribution is 2.38. The van der Waals surface area contributed by atoms with Gasteiger partial charge in [0.1, 0.15) is 5.82 Å². The maximum atomic E-state index is 13.0. The summed E-state index contributed by atoms with van der Waals surface area (Å²) in [7, 11) is 0. The van der Waals surface area contributed by atoms with Gasteiger partial charge in [-0.15, -0.1) is 0 Å². The fourth-order valence-corrected chi connectivity index (χ4v) is 3.72. The molecule has 23 heavy (non-hydrogen) atoms. The summed E-state index contributed by atoms with van der Waals surface area (Å²) >= 11 is 1.49. The number of rotatable bonds is 4. The number of benzene rings is 2. The van der Waals surface area contributed by atoms with E-state index in [4.69, 9.17) is 4.74 Å². The van der Waals surface area contributed by atoms with E-state index in [1.807, 2.05) is 24.3 Å². The second-order valence-electron chi connectivity index (χ2n) is 5.58. The molecule has 1 fully saturated rings. The Morgan fingerprint density at radius 3 is 2.43 bits per heavy atom. The molecule has 0 saturated carbocycles. The molecular weight excluding hydrogens is 315 g/mol. The van der Waals surface area contributed by atoms with Crippen LogP contribution in [0.1, 0.15) is 18.4 Å². The number of carbonyl (C=O) groups is 1. The quantitative estimate of drug-likeness (QED) is 0.915. The van der Waals surface area contributed by atoms with Crippen molar-refractivity contribution < 1.29 is 19.0 Å². The van der Waals surface area contributed by atoms with Gasteiger partial charge < -0.3 is 9.84 Å². The van der Waals surface area contributed by atoms with Gasteiger partial charge in [0, 0.05) is 23.0 Å². The summed E-state index contributed by atoms with van der Waals surface area (Å²) in [6.45, 7) is 0.920. The standard InChI is InChI=1S/C18H17FO3S/c19-14-4-6-15(7-5-14)23-16-3-1-2-13(12-16)18(17(20)21)8-10-22-11-9-18/h1-7,12H,8-11H2,(H,20,21). The maximum Gasteiger partial charge on any atom is 0.314 e. The van der Waals surface area contributed by atoms with Gasteiger partial charge in [0.15, 0.2) is 0 Å². The average molecular weight is 332 g/mol. The Balaban J connectivity index is 1.89. The van der Waals surface area contributed by atoms with Crippen LogP contribution < -0.4 is 0 Å². The van der Waals surface area contributed by atoms with E-state index in [-0.39, 0.29) is 5.82 Å². The molecule has 0 unspecified atom stereocenters. The Morgan fingerprint density at radius 2 is 1.78 bits per heavy atom. The monoisotopic (exact) mass is 332 g/mol. The normalized spacial score (nSPS) is 16.9. The third-order valence-corrected chi connectivity index (χ3v) is 5.19. The van der Waals surface area contributed by atoms with Crippen molar-refractivity contribution in [1.82, 2.24) is 0 Å². The molecule has 1 aliphatic rings. The van der Waals surface area contributed by atoms with E-state index in [1.54, 1.807) is 12.1 Å². The molecule has 1 heterocycles. The largest absolute Gasteiger partial charge is 0.481 e. The first-order chi connectivity index (χ1) is 11.1. The van der Waals surface area contributed by atoms with Crippen molar-refractivity contribution in [2.24, 2.45) is 0 Å². The molecule has 120 valence electrons. The van der Waals surface area contributed by atoms with Crippen LogP contribution in [0.5, 0.6) is 0 Å². The van der Waals surface area contributed by atoms with Crippen LogP contribution in [0, 0.1) is 5.82 Å². The molecule has 1 saturated heterocycles. The minimum Gasteiger partial charge on any atom is -0.481 e. The van der Waals surface area contributed by atoms with Gasteiger partial charge in [0.2, 0.25) is 0 Å². The van der Waals surface area contributed by atoms with Crippen LogP contribution in [-0.2, 0) is 14.9 Å². The molecule has 2 aromatic rings. The van der Waals surface area contributed by atoms with Crippen molar-refractivity contribution in [2.75, 3.05) is 13.2 Å². The lowest BCUT2D eigenvalue weighted by Gasteiger charge is -2.33. The molecule has 0 amide bonds. The zero-order valence-corrected chi connectivity index (χ0v) is 13.3. The zero-order chi connectivity index (χ0) is 16.3. The Morgan fingerprint density at radius 1 is 1.09 bits per heavy atom. The predicted octanol–water partition coefficient (Wildman–Crippen LogP) is 4.11. The molecule has 3 nitrogen and oxygen atoms in total. The van der Waals surface area contributed by atoms with Crippen molar-refractivity contribution in [2.45, 2.75) is 28.0 Å². The van der Waals surface area contributed by atoms with Crippen LogP contribution in [0.4, 0.5) is 4.39 Å². The highest BCUT2D eigenvalue weighted by Gasteiger charge is 2.41. The molecule has 3 rings (SSSR count). The summed E-state index contributed by atoms with van der Waals surface area (Å²) in [6.07, 6.45) is 0.958. The third kappa shape index (κ3) is 3.41. The van der Waals surface area contributed by atoms with Gasteiger partial charge in [-0.2, -0.15) is 0 Å². The number of carboxylic acids is 1. The Hall–Kier alpha value is -1.85. The predicted molar refractivity (Wildman–Crippen MR) is 86.3 cm³/mol. The van der Waals surface area contributed by atoms with Crippen molar-refractivity contribution in [1.29, 1.82) is 0 Å². The van der Waals surface area contributed by atoms with Gasteiger partial charge >= 0.3 is 5.97 Å². The van der Waals surface area contributed by atoms with Crippen molar-refractivity contribution >= 4 is 17.7 Å². The summed E-state index contributed by atoms with van der Waals surface area (Å²) in [4.78, 5) is 13.7. The van der Waals surface area contributed by atoms with E-state index in [9.17, 15) is 14.3 Å². The number of hydrogen-bond acceptors (Lipinski definition) is 3. The average Bonchev–Trinajstić information content (AvgIpc) is 2.58. The first-order valence-electron chi connectivity index (χ1n) is 7.45. The van der Waals surface area contributed by atoms with Crippen LogP contribution in [0.15, 0.2) is 58.3 Å². The molecule has 0 bridgehead atoms. The minimum atomic E-state index is -0.877. The Labute approximate surface area is 138 Å². The second kappa shape index (κ2) is 6.72. The van der Waals surface area contributed by atoms with Crippen LogP contribution in [0.2, 0.25) is 0 Å². The van der Waals surface area contributed by atoms with E-state index in [1.165, 1.54) is 23.9 Å². The lowest BCUT2D eigenvalue weighted by Crippen LogP contribution is -2.41. The molecule has 2 aromatic carbocycles. The highest BCUT2D eigenvalue weighted by atomic mass is 32.2. The molecule has 0 spiro atoms. The molecule has 0 radical (unpaired) electrons. The number of halogens is 1. The highest BCUT2D eigenvalue weighted by molar-refractivity contribution is 7.99. The van der Waals surface area contributed by atoms with Crippen molar-refractivity contribution in [3.63, 3.8) is 0 Å². The summed E-state index contributed by atoms with van der Waals surface area (Å²) in [5, 5.41) is 9.75. The van der Waals surface area contributed by atoms with Crippen LogP contribution in [0.25, 0.3) is 0 Å². The molecule has 5 heteroatoms. The van der Waals surface area contributed by atoms with Crippen molar-refractivity contribution in [3.05, 3.63) is 59.9 Å². The number of aliphatic carboxylic acids is 1. The van der Waals surface area contributed by atoms with E-state index < -0.39 is 11.4 Å². The van der Waals surface area contributed by atoms with Crippen LogP contribution in [0.3, 0.4) is 0 Å². The SMILES string of the molecule is O=C(O)C1(c2cccc(Sc3ccc(F)cc3)c2)CCOCC1. The van der Waals surface area contributed by atoms with Crippen molar-refractivity contribution in [3.8, 4) is 0 Å². The van der Waals surface area contributed by atoms with E-state index in [0.29, 0.717) is 26.1 Å². The van der Waals surface area contributed by atoms with E-state index in [2.05, 4.69) is 0 Å². The topological polar surface area (TPSA) is 46.5 Å². The maximum absolute atomic E-state index is 13.0. The fourth-order valence-electron chi connectivity index (χ4n) is 2.84. The summed E-state index contributed by atoms with van der Waals surface area (Å²) in [5.74, 6) is -1.07. The number of ether oxygens (including phenoxy) is 1. The molecule has 0 aliphatic carbocycles. The van der Waals surface area contributed by atoms with E-state index in [0.717, 1.165) is 15.4 Å². The summed E-state index contributed by atoms with van der Waals surface area (Å²) < 4.78 is 18.3. The third-order valence-electron chi connectivity index (χ3n) is 4.19. The van der Waals surface area contributed by atoms with Crippen LogP contribution in [-0.4, -0.2) is 24.3 Å². The minimum absolute atomic E-state index is 0.268. The summed E-state index contributed by atoms with van der Waals surface area (Å²) in [6, 6.07) is 13.9. The number of hydrogen-bond donors (Lipinski definition) is 1. The van der Waals surface area contributed by atoms with Crippen LogP contribution >= 0.6 is 11.8 Å². The molecular formula is C18H17FO3S. The molecule has 1 N–H and O–H groups in total. The smallest absolute Gasteiger partial charge is 0.314 e. The first-order valence-corrected chi connectivity index (χ1v) is 8.27. The summed E-state index contributed by atoms with van der Waals surface area (Å²) in [5.41, 5.74) is -0.0714. The first kappa shape index (κ1) is 16.0. The van der Waals surface area contributed by atoms with Gasteiger partial charge in [-0.3, -0.25) is 4.79 Å². The van der Waals surface area contributed by atoms with Gasteiger partial charge in [0.25, 0.3) is 0 Å². The zero-order valence-electron chi connectivity index (χ0n) is 12.5. The Kier molecular flexibility index (Phi) is 4.68. The second-order valence-corrected chi connectivity index (χ2v) is 6.73. The molecule has 0 aromatic heterocycles. The lowest BCUT2D eigenvalue weighted by atomic mass is 9.74. The molecule has 0 atom stereocenters. The number of carboxylic acid groups (broad SMARTS) is 1. The Bertz CT molecular complexity index is 694. The lowest BCUT2D eigenvalue weighted by molar-refractivity contribution is -0.147. The fraction of sp³-hybridized carbons (Fsp3) is 0.278.